The molecule has 0 spiro atoms. The largest absolute Gasteiger partial charge is 0.377 e. The Morgan fingerprint density at radius 3 is 3.18 bits per heavy atom. The molecule has 1 aromatic carbocycles. The van der Waals surface area contributed by atoms with Gasteiger partial charge in [0.15, 0.2) is 5.82 Å². The van der Waals surface area contributed by atoms with Gasteiger partial charge in [0.2, 0.25) is 5.89 Å². The van der Waals surface area contributed by atoms with Gasteiger partial charge in [-0.2, -0.15) is 4.98 Å². The second-order valence-corrected chi connectivity index (χ2v) is 8.22. The molecule has 1 amide bonds. The fraction of sp³-hybridized carbons (Fsp3) is 0.450. The maximum atomic E-state index is 12.5. The normalized spacial score (nSPS) is 17.8. The topological polar surface area (TPSA) is 80.5 Å². The molecule has 4 rings (SSSR count). The van der Waals surface area contributed by atoms with Gasteiger partial charge in [0.1, 0.15) is 6.61 Å². The van der Waals surface area contributed by atoms with Crippen molar-refractivity contribution in [1.29, 1.82) is 0 Å². The summed E-state index contributed by atoms with van der Waals surface area (Å²) in [5.74, 6) is 1.62. The molecule has 0 radical (unpaired) electrons. The lowest BCUT2D eigenvalue weighted by atomic mass is 9.98. The van der Waals surface area contributed by atoms with Crippen LogP contribution in [0.2, 0.25) is 0 Å². The Kier molecular flexibility index (Phi) is 5.99. The molecule has 1 unspecified atom stereocenters. The van der Waals surface area contributed by atoms with E-state index in [1.165, 1.54) is 0 Å². The third kappa shape index (κ3) is 4.57. The molecule has 28 heavy (non-hydrogen) atoms. The van der Waals surface area contributed by atoms with Gasteiger partial charge in [0.25, 0.3) is 5.91 Å². The molecule has 0 aliphatic carbocycles. The summed E-state index contributed by atoms with van der Waals surface area (Å²) in [6.45, 7) is 3.59. The van der Waals surface area contributed by atoms with E-state index < -0.39 is 0 Å². The monoisotopic (exact) mass is 400 g/mol. The SMILES string of the molecule is COCc1noc(CN2CCCC(CNC(=O)c3cc4ccccc4s3)C2)n1. The number of benzene rings is 1. The van der Waals surface area contributed by atoms with Gasteiger partial charge in [-0.05, 0) is 42.8 Å². The molecule has 148 valence electrons. The maximum Gasteiger partial charge on any atom is 0.261 e. The number of aromatic nitrogens is 2. The standard InChI is InChI=1S/C20H24N4O3S/c1-26-13-18-22-19(27-23-18)12-24-8-4-5-14(11-24)10-21-20(25)17-9-15-6-2-3-7-16(15)28-17/h2-3,6-7,9,14H,4-5,8,10-13H2,1H3,(H,21,25). The minimum Gasteiger partial charge on any atom is -0.377 e. The second kappa shape index (κ2) is 8.81. The number of thiophene rings is 1. The van der Waals surface area contributed by atoms with Crippen LogP contribution in [0.4, 0.5) is 0 Å². The highest BCUT2D eigenvalue weighted by molar-refractivity contribution is 7.20. The first-order valence-corrected chi connectivity index (χ1v) is 10.3. The molecule has 0 saturated carbocycles. The molecular formula is C20H24N4O3S. The van der Waals surface area contributed by atoms with Crippen LogP contribution in [0.15, 0.2) is 34.9 Å². The van der Waals surface area contributed by atoms with Crippen LogP contribution in [-0.2, 0) is 17.9 Å². The van der Waals surface area contributed by atoms with E-state index in [1.54, 1.807) is 18.4 Å². The van der Waals surface area contributed by atoms with Crippen molar-refractivity contribution < 1.29 is 14.1 Å². The Bertz CT molecular complexity index is 905. The molecule has 1 N–H and O–H groups in total. The highest BCUT2D eigenvalue weighted by atomic mass is 32.1. The number of methoxy groups -OCH3 is 1. The summed E-state index contributed by atoms with van der Waals surface area (Å²) in [7, 11) is 1.61. The summed E-state index contributed by atoms with van der Waals surface area (Å²) in [6, 6.07) is 10.0. The van der Waals surface area contributed by atoms with Crippen LogP contribution in [0.1, 0.15) is 34.2 Å². The lowest BCUT2D eigenvalue weighted by Gasteiger charge is -2.31. The van der Waals surface area contributed by atoms with Gasteiger partial charge in [-0.25, -0.2) is 0 Å². The van der Waals surface area contributed by atoms with Crippen molar-refractivity contribution in [3.63, 3.8) is 0 Å². The number of fused-ring (bicyclic) bond motifs is 1. The Morgan fingerprint density at radius 1 is 1.43 bits per heavy atom. The maximum absolute atomic E-state index is 12.5. The number of ether oxygens (including phenoxy) is 1. The molecule has 7 nitrogen and oxygen atoms in total. The van der Waals surface area contributed by atoms with Crippen molar-refractivity contribution in [2.45, 2.75) is 26.0 Å². The van der Waals surface area contributed by atoms with Crippen molar-refractivity contribution in [2.75, 3.05) is 26.7 Å². The molecule has 1 aliphatic heterocycles. The van der Waals surface area contributed by atoms with Crippen LogP contribution < -0.4 is 5.32 Å². The third-order valence-corrected chi connectivity index (χ3v) is 6.06. The second-order valence-electron chi connectivity index (χ2n) is 7.14. The summed E-state index contributed by atoms with van der Waals surface area (Å²) in [4.78, 5) is 20.0. The van der Waals surface area contributed by atoms with Crippen LogP contribution in [0.5, 0.6) is 0 Å². The summed E-state index contributed by atoms with van der Waals surface area (Å²) in [6.07, 6.45) is 2.21. The van der Waals surface area contributed by atoms with Crippen molar-refractivity contribution in [1.82, 2.24) is 20.4 Å². The average molecular weight is 401 g/mol. The first-order chi connectivity index (χ1) is 13.7. The van der Waals surface area contributed by atoms with Gasteiger partial charge in [0.05, 0.1) is 11.4 Å². The number of nitrogens with one attached hydrogen (secondary N) is 1. The highest BCUT2D eigenvalue weighted by Gasteiger charge is 2.22. The minimum absolute atomic E-state index is 0.0134. The summed E-state index contributed by atoms with van der Waals surface area (Å²) in [5, 5.41) is 8.14. The molecule has 1 aliphatic rings. The molecule has 0 bridgehead atoms. The van der Waals surface area contributed by atoms with Crippen molar-refractivity contribution >= 4 is 27.3 Å². The Morgan fingerprint density at radius 2 is 2.32 bits per heavy atom. The number of carbonyl (C=O) groups excluding carboxylic acids is 1. The van der Waals surface area contributed by atoms with Gasteiger partial charge in [-0.15, -0.1) is 11.3 Å². The smallest absolute Gasteiger partial charge is 0.261 e. The molecule has 3 aromatic rings. The molecule has 8 heteroatoms. The molecular weight excluding hydrogens is 376 g/mol. The number of likely N-dealkylation sites (tertiary alicyclic amines) is 1. The van der Waals surface area contributed by atoms with Crippen LogP contribution in [-0.4, -0.2) is 47.7 Å². The molecule has 1 fully saturated rings. The zero-order chi connectivity index (χ0) is 19.3. The van der Waals surface area contributed by atoms with Crippen molar-refractivity contribution in [3.05, 3.63) is 46.9 Å². The number of rotatable bonds is 7. The van der Waals surface area contributed by atoms with E-state index in [1.807, 2.05) is 30.3 Å². The van der Waals surface area contributed by atoms with E-state index in [0.29, 0.717) is 37.3 Å². The third-order valence-electron chi connectivity index (χ3n) is 4.95. The Hall–Kier alpha value is -2.29. The zero-order valence-electron chi connectivity index (χ0n) is 15.9. The number of carbonyl (C=O) groups is 1. The summed E-state index contributed by atoms with van der Waals surface area (Å²) >= 11 is 1.54. The number of nitrogens with zero attached hydrogens (tertiary/aromatic N) is 3. The van der Waals surface area contributed by atoms with Crippen LogP contribution in [0, 0.1) is 5.92 Å². The van der Waals surface area contributed by atoms with Gasteiger partial charge < -0.3 is 14.6 Å². The van der Waals surface area contributed by atoms with Crippen molar-refractivity contribution in [2.24, 2.45) is 5.92 Å². The fourth-order valence-electron chi connectivity index (χ4n) is 3.61. The lowest BCUT2D eigenvalue weighted by molar-refractivity contribution is 0.0930. The van der Waals surface area contributed by atoms with E-state index in [-0.39, 0.29) is 5.91 Å². The Balaban J connectivity index is 1.29. The molecule has 1 saturated heterocycles. The van der Waals surface area contributed by atoms with E-state index in [4.69, 9.17) is 9.26 Å². The number of piperidine rings is 1. The van der Waals surface area contributed by atoms with Gasteiger partial charge in [0, 0.05) is 24.9 Å². The highest BCUT2D eigenvalue weighted by Crippen LogP contribution is 2.25. The molecule has 1 atom stereocenters. The first kappa shape index (κ1) is 19.0. The number of hydrogen-bond donors (Lipinski definition) is 1. The van der Waals surface area contributed by atoms with Crippen LogP contribution in [0.3, 0.4) is 0 Å². The van der Waals surface area contributed by atoms with E-state index in [9.17, 15) is 4.79 Å². The average Bonchev–Trinajstić information content (AvgIpc) is 3.33. The predicted molar refractivity (Wildman–Crippen MR) is 107 cm³/mol. The van der Waals surface area contributed by atoms with E-state index in [2.05, 4.69) is 20.4 Å². The summed E-state index contributed by atoms with van der Waals surface area (Å²) < 4.78 is 11.5. The van der Waals surface area contributed by atoms with E-state index >= 15 is 0 Å². The first-order valence-electron chi connectivity index (χ1n) is 9.51. The molecule has 2 aromatic heterocycles. The number of amides is 1. The van der Waals surface area contributed by atoms with Crippen LogP contribution in [0.25, 0.3) is 10.1 Å². The van der Waals surface area contributed by atoms with Crippen LogP contribution >= 0.6 is 11.3 Å². The predicted octanol–water partition coefficient (Wildman–Crippen LogP) is 3.07. The van der Waals surface area contributed by atoms with Gasteiger partial charge in [-0.1, -0.05) is 23.4 Å². The van der Waals surface area contributed by atoms with Gasteiger partial charge in [-0.3, -0.25) is 9.69 Å². The van der Waals surface area contributed by atoms with Gasteiger partial charge >= 0.3 is 0 Å². The quantitative estimate of drug-likeness (QED) is 0.657. The van der Waals surface area contributed by atoms with Crippen molar-refractivity contribution in [3.8, 4) is 0 Å². The number of hydrogen-bond acceptors (Lipinski definition) is 7. The zero-order valence-corrected chi connectivity index (χ0v) is 16.7. The molecule has 3 heterocycles. The Labute approximate surface area is 167 Å². The lowest BCUT2D eigenvalue weighted by Crippen LogP contribution is -2.40. The fourth-order valence-corrected chi connectivity index (χ4v) is 4.59. The van der Waals surface area contributed by atoms with E-state index in [0.717, 1.165) is 40.9 Å². The minimum atomic E-state index is 0.0134. The summed E-state index contributed by atoms with van der Waals surface area (Å²) in [5.41, 5.74) is 0.